The van der Waals surface area contributed by atoms with Gasteiger partial charge in [-0.3, -0.25) is 4.79 Å². The molecule has 0 spiro atoms. The summed E-state index contributed by atoms with van der Waals surface area (Å²) in [4.78, 5) is 18.7. The maximum Gasteiger partial charge on any atom is 0.247 e. The minimum Gasteiger partial charge on any atom is -0.497 e. The van der Waals surface area contributed by atoms with Gasteiger partial charge in [0.15, 0.2) is 11.5 Å². The molecular weight excluding hydrogens is 442 g/mol. The largest absolute Gasteiger partial charge is 0.497 e. The van der Waals surface area contributed by atoms with E-state index in [-0.39, 0.29) is 5.91 Å². The van der Waals surface area contributed by atoms with Crippen LogP contribution < -0.4 is 19.5 Å². The van der Waals surface area contributed by atoms with Crippen molar-refractivity contribution in [3.63, 3.8) is 0 Å². The molecule has 0 aliphatic rings. The summed E-state index contributed by atoms with van der Waals surface area (Å²) in [7, 11) is 4.83. The average molecular weight is 474 g/mol. The maximum absolute atomic E-state index is 13.7. The number of hydrogen-bond donors (Lipinski definition) is 1. The fraction of sp³-hybridized carbons (Fsp3) is 0.286. The number of amides is 1. The number of methoxy groups -OCH3 is 3. The number of fused-ring (bicyclic) bond motifs is 1. The summed E-state index contributed by atoms with van der Waals surface area (Å²) in [6.45, 7) is 2.70. The number of carbonyl (C=O) groups is 1. The van der Waals surface area contributed by atoms with E-state index in [0.717, 1.165) is 40.8 Å². The number of imidazole rings is 1. The number of aromatic nitrogens is 2. The topological polar surface area (TPSA) is 74.6 Å². The second kappa shape index (κ2) is 11.0. The Labute approximate surface area is 205 Å². The van der Waals surface area contributed by atoms with Crippen LogP contribution in [0.2, 0.25) is 0 Å². The quantitative estimate of drug-likeness (QED) is 0.319. The molecule has 0 aliphatic heterocycles. The minimum atomic E-state index is -0.656. The van der Waals surface area contributed by atoms with Crippen molar-refractivity contribution in [2.45, 2.75) is 25.8 Å². The van der Waals surface area contributed by atoms with E-state index in [1.165, 1.54) is 0 Å². The van der Waals surface area contributed by atoms with Gasteiger partial charge in [-0.2, -0.15) is 0 Å². The van der Waals surface area contributed by atoms with E-state index in [2.05, 4.69) is 12.2 Å². The number of rotatable bonds is 10. The van der Waals surface area contributed by atoms with Gasteiger partial charge < -0.3 is 24.1 Å². The van der Waals surface area contributed by atoms with Crippen molar-refractivity contribution in [3.8, 4) is 28.6 Å². The summed E-state index contributed by atoms with van der Waals surface area (Å²) in [6, 6.07) is 20.4. The highest BCUT2D eigenvalue weighted by molar-refractivity contribution is 5.90. The van der Waals surface area contributed by atoms with Crippen LogP contribution >= 0.6 is 0 Å². The smallest absolute Gasteiger partial charge is 0.247 e. The van der Waals surface area contributed by atoms with Crippen molar-refractivity contribution in [1.29, 1.82) is 0 Å². The molecule has 1 N–H and O–H groups in total. The first-order valence-electron chi connectivity index (χ1n) is 11.7. The van der Waals surface area contributed by atoms with Crippen molar-refractivity contribution in [1.82, 2.24) is 14.9 Å². The number of carbonyl (C=O) groups excluding carboxylic acids is 1. The number of nitrogens with one attached hydrogen (secondary N) is 1. The number of ether oxygens (including phenoxy) is 3. The summed E-state index contributed by atoms with van der Waals surface area (Å²) in [5, 5.41) is 3.12. The second-order valence-corrected chi connectivity index (χ2v) is 8.16. The second-order valence-electron chi connectivity index (χ2n) is 8.16. The van der Waals surface area contributed by atoms with Crippen molar-refractivity contribution in [3.05, 3.63) is 72.3 Å². The highest BCUT2D eigenvalue weighted by Crippen LogP contribution is 2.40. The van der Waals surface area contributed by atoms with Gasteiger partial charge in [-0.25, -0.2) is 4.98 Å². The zero-order valence-electron chi connectivity index (χ0n) is 20.6. The Balaban J connectivity index is 1.97. The lowest BCUT2D eigenvalue weighted by Gasteiger charge is -2.23. The maximum atomic E-state index is 13.7. The fourth-order valence-electron chi connectivity index (χ4n) is 4.25. The molecule has 1 heterocycles. The Morgan fingerprint density at radius 3 is 2.40 bits per heavy atom. The molecular formula is C28H31N3O4. The normalized spacial score (nSPS) is 11.8. The van der Waals surface area contributed by atoms with E-state index in [1.54, 1.807) is 21.3 Å². The molecule has 1 aromatic heterocycles. The van der Waals surface area contributed by atoms with Crippen molar-refractivity contribution < 1.29 is 19.0 Å². The van der Waals surface area contributed by atoms with Crippen LogP contribution in [-0.2, 0) is 4.79 Å². The molecule has 0 radical (unpaired) electrons. The third-order valence-electron chi connectivity index (χ3n) is 6.01. The summed E-state index contributed by atoms with van der Waals surface area (Å²) < 4.78 is 18.6. The fourth-order valence-corrected chi connectivity index (χ4v) is 4.25. The molecule has 7 heteroatoms. The van der Waals surface area contributed by atoms with Crippen LogP contribution in [-0.4, -0.2) is 43.3 Å². The molecule has 3 aromatic carbocycles. The van der Waals surface area contributed by atoms with Crippen molar-refractivity contribution >= 4 is 16.9 Å². The molecule has 0 saturated heterocycles. The van der Waals surface area contributed by atoms with Gasteiger partial charge in [0.05, 0.1) is 37.9 Å². The van der Waals surface area contributed by atoms with Crippen LogP contribution in [0.25, 0.3) is 22.4 Å². The summed E-state index contributed by atoms with van der Waals surface area (Å²) in [6.07, 6.45) is 1.90. The first-order valence-corrected chi connectivity index (χ1v) is 11.7. The SMILES string of the molecule is CCCCNC(=O)C(c1ccc(OC)cc1)n1c(-c2cccc(OC)c2OC)nc2ccccc21. The Morgan fingerprint density at radius 1 is 0.943 bits per heavy atom. The number of hydrogen-bond acceptors (Lipinski definition) is 5. The minimum absolute atomic E-state index is 0.102. The van der Waals surface area contributed by atoms with Crippen LogP contribution in [0.15, 0.2) is 66.7 Å². The number of benzene rings is 3. The molecule has 182 valence electrons. The van der Waals surface area contributed by atoms with E-state index < -0.39 is 6.04 Å². The molecule has 0 saturated carbocycles. The van der Waals surface area contributed by atoms with Gasteiger partial charge in [0.2, 0.25) is 5.91 Å². The third-order valence-corrected chi connectivity index (χ3v) is 6.01. The molecule has 1 atom stereocenters. The predicted molar refractivity (Wildman–Crippen MR) is 137 cm³/mol. The highest BCUT2D eigenvalue weighted by Gasteiger charge is 2.29. The molecule has 0 bridgehead atoms. The van der Waals surface area contributed by atoms with E-state index in [1.807, 2.05) is 71.3 Å². The zero-order chi connectivity index (χ0) is 24.8. The first-order chi connectivity index (χ1) is 17.1. The van der Waals surface area contributed by atoms with Gasteiger partial charge >= 0.3 is 0 Å². The standard InChI is InChI=1S/C28H31N3O4/c1-5-6-18-29-28(32)25(19-14-16-20(33-2)17-15-19)31-23-12-8-7-11-22(23)30-27(31)21-10-9-13-24(34-3)26(21)35-4/h7-17,25H,5-6,18H2,1-4H3,(H,29,32). The van der Waals surface area contributed by atoms with E-state index in [9.17, 15) is 4.79 Å². The predicted octanol–water partition coefficient (Wildman–Crippen LogP) is 5.23. The van der Waals surface area contributed by atoms with E-state index in [0.29, 0.717) is 23.9 Å². The van der Waals surface area contributed by atoms with Gasteiger partial charge in [0.1, 0.15) is 17.6 Å². The average Bonchev–Trinajstić information content (AvgIpc) is 3.28. The monoisotopic (exact) mass is 473 g/mol. The lowest BCUT2D eigenvalue weighted by molar-refractivity contribution is -0.123. The highest BCUT2D eigenvalue weighted by atomic mass is 16.5. The van der Waals surface area contributed by atoms with E-state index >= 15 is 0 Å². The Bertz CT molecular complexity index is 1300. The Kier molecular flexibility index (Phi) is 7.55. The van der Waals surface area contributed by atoms with Gasteiger partial charge in [0, 0.05) is 6.54 Å². The van der Waals surface area contributed by atoms with Gasteiger partial charge in [0.25, 0.3) is 0 Å². The first kappa shape index (κ1) is 24.1. The van der Waals surface area contributed by atoms with Gasteiger partial charge in [-0.05, 0) is 48.4 Å². The van der Waals surface area contributed by atoms with Gasteiger partial charge in [-0.1, -0.05) is 43.7 Å². The summed E-state index contributed by atoms with van der Waals surface area (Å²) in [5.41, 5.74) is 3.19. The van der Waals surface area contributed by atoms with Crippen LogP contribution in [0.5, 0.6) is 17.2 Å². The van der Waals surface area contributed by atoms with Gasteiger partial charge in [-0.15, -0.1) is 0 Å². The Hall–Kier alpha value is -4.00. The number of unbranched alkanes of at least 4 members (excludes halogenated alkanes) is 1. The third kappa shape index (κ3) is 4.80. The molecule has 7 nitrogen and oxygen atoms in total. The van der Waals surface area contributed by atoms with Crippen LogP contribution in [0.4, 0.5) is 0 Å². The molecule has 1 unspecified atom stereocenters. The van der Waals surface area contributed by atoms with Crippen LogP contribution in [0.1, 0.15) is 31.4 Å². The van der Waals surface area contributed by atoms with E-state index in [4.69, 9.17) is 19.2 Å². The lowest BCUT2D eigenvalue weighted by Crippen LogP contribution is -2.34. The van der Waals surface area contributed by atoms with Crippen LogP contribution in [0, 0.1) is 0 Å². The zero-order valence-corrected chi connectivity index (χ0v) is 20.6. The summed E-state index contributed by atoms with van der Waals surface area (Å²) in [5.74, 6) is 2.40. The molecule has 0 aliphatic carbocycles. The van der Waals surface area contributed by atoms with Crippen molar-refractivity contribution in [2.24, 2.45) is 0 Å². The molecule has 4 aromatic rings. The molecule has 35 heavy (non-hydrogen) atoms. The molecule has 0 fully saturated rings. The number of para-hydroxylation sites is 3. The Morgan fingerprint density at radius 2 is 1.71 bits per heavy atom. The number of nitrogens with zero attached hydrogens (tertiary/aromatic N) is 2. The molecule has 1 amide bonds. The summed E-state index contributed by atoms with van der Waals surface area (Å²) >= 11 is 0. The van der Waals surface area contributed by atoms with Crippen LogP contribution in [0.3, 0.4) is 0 Å². The van der Waals surface area contributed by atoms with Crippen molar-refractivity contribution in [2.75, 3.05) is 27.9 Å². The molecule has 4 rings (SSSR count). The lowest BCUT2D eigenvalue weighted by atomic mass is 10.0.